The maximum atomic E-state index is 3.55. The largest absolute Gasteiger partial charge is 0.361 e. The average molecular weight is 286 g/mol. The molecule has 84 valence electrons. The monoisotopic (exact) mass is 285 g/mol. The zero-order valence-electron chi connectivity index (χ0n) is 9.50. The Kier molecular flexibility index (Phi) is 2.52. The minimum atomic E-state index is 1.13. The van der Waals surface area contributed by atoms with Crippen molar-refractivity contribution in [2.45, 2.75) is 6.92 Å². The topological polar surface area (TPSA) is 15.8 Å². The standard InChI is InChI=1S/C15H12BrN/c1-10-6-13(9-14(16)7-10)11-2-3-15-12(8-11)4-5-17-15/h2-9,17H,1H3. The van der Waals surface area contributed by atoms with Gasteiger partial charge in [0.2, 0.25) is 0 Å². The molecule has 0 atom stereocenters. The fraction of sp³-hybridized carbons (Fsp3) is 0.0667. The first-order valence-electron chi connectivity index (χ1n) is 5.57. The molecule has 3 aromatic rings. The van der Waals surface area contributed by atoms with Crippen LogP contribution in [0.25, 0.3) is 22.0 Å². The highest BCUT2D eigenvalue weighted by atomic mass is 79.9. The molecule has 0 saturated carbocycles. The number of rotatable bonds is 1. The van der Waals surface area contributed by atoms with Crippen molar-refractivity contribution in [3.8, 4) is 11.1 Å². The smallest absolute Gasteiger partial charge is 0.0454 e. The summed E-state index contributed by atoms with van der Waals surface area (Å²) in [6.45, 7) is 2.11. The van der Waals surface area contributed by atoms with Gasteiger partial charge in [0.15, 0.2) is 0 Å². The number of aromatic amines is 1. The van der Waals surface area contributed by atoms with Gasteiger partial charge in [0.1, 0.15) is 0 Å². The van der Waals surface area contributed by atoms with Gasteiger partial charge in [-0.2, -0.15) is 0 Å². The molecule has 2 aromatic carbocycles. The number of hydrogen-bond acceptors (Lipinski definition) is 0. The second kappa shape index (κ2) is 4.04. The van der Waals surface area contributed by atoms with Crippen LogP contribution in [-0.4, -0.2) is 4.98 Å². The summed E-state index contributed by atoms with van der Waals surface area (Å²) >= 11 is 3.55. The number of aromatic nitrogens is 1. The summed E-state index contributed by atoms with van der Waals surface area (Å²) in [5.74, 6) is 0. The lowest BCUT2D eigenvalue weighted by Gasteiger charge is -2.05. The van der Waals surface area contributed by atoms with Crippen molar-refractivity contribution in [2.24, 2.45) is 0 Å². The molecule has 0 fully saturated rings. The third-order valence-electron chi connectivity index (χ3n) is 2.93. The highest BCUT2D eigenvalue weighted by Gasteiger charge is 2.02. The maximum absolute atomic E-state index is 3.55. The summed E-state index contributed by atoms with van der Waals surface area (Å²) in [7, 11) is 0. The molecule has 0 spiro atoms. The van der Waals surface area contributed by atoms with Gasteiger partial charge >= 0.3 is 0 Å². The van der Waals surface area contributed by atoms with Crippen LogP contribution in [0.15, 0.2) is 53.1 Å². The van der Waals surface area contributed by atoms with Gasteiger partial charge in [-0.1, -0.05) is 28.1 Å². The molecule has 1 N–H and O–H groups in total. The predicted molar refractivity (Wildman–Crippen MR) is 76.2 cm³/mol. The van der Waals surface area contributed by atoms with Gasteiger partial charge in [-0.25, -0.2) is 0 Å². The molecule has 0 radical (unpaired) electrons. The van der Waals surface area contributed by atoms with Crippen LogP contribution >= 0.6 is 15.9 Å². The lowest BCUT2D eigenvalue weighted by Crippen LogP contribution is -1.81. The molecule has 1 heterocycles. The van der Waals surface area contributed by atoms with E-state index in [-0.39, 0.29) is 0 Å². The number of nitrogens with one attached hydrogen (secondary N) is 1. The molecule has 17 heavy (non-hydrogen) atoms. The van der Waals surface area contributed by atoms with Gasteiger partial charge in [0, 0.05) is 16.2 Å². The van der Waals surface area contributed by atoms with E-state index in [1.807, 2.05) is 6.20 Å². The molecule has 0 amide bonds. The Morgan fingerprint density at radius 3 is 2.65 bits per heavy atom. The van der Waals surface area contributed by atoms with Crippen molar-refractivity contribution < 1.29 is 0 Å². The summed E-state index contributed by atoms with van der Waals surface area (Å²) in [6, 6.07) is 15.1. The molecule has 0 saturated heterocycles. The number of fused-ring (bicyclic) bond motifs is 1. The highest BCUT2D eigenvalue weighted by molar-refractivity contribution is 9.10. The van der Waals surface area contributed by atoms with Crippen molar-refractivity contribution in [3.63, 3.8) is 0 Å². The van der Waals surface area contributed by atoms with Crippen molar-refractivity contribution in [1.29, 1.82) is 0 Å². The second-order valence-corrected chi connectivity index (χ2v) is 5.21. The van der Waals surface area contributed by atoms with E-state index in [0.717, 1.165) is 4.47 Å². The fourth-order valence-corrected chi connectivity index (χ4v) is 2.74. The lowest BCUT2D eigenvalue weighted by atomic mass is 10.0. The Bertz CT molecular complexity index is 662. The van der Waals surface area contributed by atoms with Crippen molar-refractivity contribution >= 4 is 26.8 Å². The molecular weight excluding hydrogens is 274 g/mol. The first kappa shape index (κ1) is 10.6. The first-order valence-corrected chi connectivity index (χ1v) is 6.36. The molecule has 1 aromatic heterocycles. The molecule has 0 aliphatic carbocycles. The van der Waals surface area contributed by atoms with E-state index in [1.54, 1.807) is 0 Å². The quantitative estimate of drug-likeness (QED) is 0.654. The SMILES string of the molecule is Cc1cc(Br)cc(-c2ccc3[nH]ccc3c2)c1. The van der Waals surface area contributed by atoms with Crippen molar-refractivity contribution in [3.05, 3.63) is 58.7 Å². The second-order valence-electron chi connectivity index (χ2n) is 4.30. The molecule has 0 bridgehead atoms. The third-order valence-corrected chi connectivity index (χ3v) is 3.39. The maximum Gasteiger partial charge on any atom is 0.0454 e. The number of hydrogen-bond donors (Lipinski definition) is 1. The lowest BCUT2D eigenvalue weighted by molar-refractivity contribution is 1.45. The molecule has 2 heteroatoms. The first-order chi connectivity index (χ1) is 8.22. The Labute approximate surface area is 109 Å². The third kappa shape index (κ3) is 2.01. The highest BCUT2D eigenvalue weighted by Crippen LogP contribution is 2.27. The Hall–Kier alpha value is -1.54. The van der Waals surface area contributed by atoms with E-state index < -0.39 is 0 Å². The summed E-state index contributed by atoms with van der Waals surface area (Å²) in [4.78, 5) is 3.21. The summed E-state index contributed by atoms with van der Waals surface area (Å²) in [5, 5.41) is 1.25. The number of H-pyrrole nitrogens is 1. The van der Waals surface area contributed by atoms with Crippen LogP contribution in [0.4, 0.5) is 0 Å². The van der Waals surface area contributed by atoms with E-state index >= 15 is 0 Å². The molecular formula is C15H12BrN. The van der Waals surface area contributed by atoms with Crippen molar-refractivity contribution in [1.82, 2.24) is 4.98 Å². The van der Waals surface area contributed by atoms with E-state index in [4.69, 9.17) is 0 Å². The molecule has 1 nitrogen and oxygen atoms in total. The van der Waals surface area contributed by atoms with Crippen LogP contribution in [-0.2, 0) is 0 Å². The van der Waals surface area contributed by atoms with Crippen LogP contribution in [0.5, 0.6) is 0 Å². The van der Waals surface area contributed by atoms with Gasteiger partial charge in [-0.15, -0.1) is 0 Å². The van der Waals surface area contributed by atoms with E-state index in [1.165, 1.54) is 27.6 Å². The van der Waals surface area contributed by atoms with Crippen LogP contribution in [0, 0.1) is 6.92 Å². The van der Waals surface area contributed by atoms with E-state index in [2.05, 4.69) is 70.3 Å². The minimum absolute atomic E-state index is 1.13. The fourth-order valence-electron chi connectivity index (χ4n) is 2.14. The molecule has 0 aliphatic heterocycles. The zero-order chi connectivity index (χ0) is 11.8. The number of halogens is 1. The zero-order valence-corrected chi connectivity index (χ0v) is 11.1. The van der Waals surface area contributed by atoms with E-state index in [9.17, 15) is 0 Å². The van der Waals surface area contributed by atoms with Crippen LogP contribution in [0.3, 0.4) is 0 Å². The normalized spacial score (nSPS) is 10.9. The van der Waals surface area contributed by atoms with Crippen molar-refractivity contribution in [2.75, 3.05) is 0 Å². The summed E-state index contributed by atoms with van der Waals surface area (Å²) in [5.41, 5.74) is 4.95. The van der Waals surface area contributed by atoms with Crippen LogP contribution < -0.4 is 0 Å². The van der Waals surface area contributed by atoms with Gasteiger partial charge in [0.25, 0.3) is 0 Å². The average Bonchev–Trinajstić information content (AvgIpc) is 2.74. The van der Waals surface area contributed by atoms with Gasteiger partial charge in [-0.3, -0.25) is 0 Å². The Morgan fingerprint density at radius 2 is 1.82 bits per heavy atom. The Balaban J connectivity index is 2.19. The predicted octanol–water partition coefficient (Wildman–Crippen LogP) is 4.91. The number of benzene rings is 2. The minimum Gasteiger partial charge on any atom is -0.361 e. The van der Waals surface area contributed by atoms with Gasteiger partial charge in [0.05, 0.1) is 0 Å². The van der Waals surface area contributed by atoms with E-state index in [0.29, 0.717) is 0 Å². The van der Waals surface area contributed by atoms with Gasteiger partial charge < -0.3 is 4.98 Å². The van der Waals surface area contributed by atoms with Crippen LogP contribution in [0.1, 0.15) is 5.56 Å². The van der Waals surface area contributed by atoms with Gasteiger partial charge in [-0.05, 0) is 59.3 Å². The molecule has 0 unspecified atom stereocenters. The Morgan fingerprint density at radius 1 is 0.941 bits per heavy atom. The number of aryl methyl sites for hydroxylation is 1. The summed E-state index contributed by atoms with van der Waals surface area (Å²) < 4.78 is 1.13. The molecule has 0 aliphatic rings. The summed E-state index contributed by atoms with van der Waals surface area (Å²) in [6.07, 6.45) is 1.97. The molecule has 3 rings (SSSR count). The van der Waals surface area contributed by atoms with Crippen LogP contribution in [0.2, 0.25) is 0 Å².